The zero-order valence-corrected chi connectivity index (χ0v) is 11.1. The first-order chi connectivity index (χ1) is 8.47. The molecule has 0 unspecified atom stereocenters. The Morgan fingerprint density at radius 3 is 2.67 bits per heavy atom. The number of pyridine rings is 1. The number of nitrogens with zero attached hydrogens (tertiary/aromatic N) is 1. The molecule has 3 heteroatoms. The van der Waals surface area contributed by atoms with Gasteiger partial charge in [0.1, 0.15) is 6.10 Å². The van der Waals surface area contributed by atoms with E-state index in [-0.39, 0.29) is 5.54 Å². The molecule has 0 saturated carbocycles. The lowest BCUT2D eigenvalue weighted by Crippen LogP contribution is -2.38. The molecule has 2 aromatic rings. The third kappa shape index (κ3) is 3.06. The molecule has 3 nitrogen and oxygen atoms in total. The van der Waals surface area contributed by atoms with Crippen molar-refractivity contribution in [2.45, 2.75) is 32.4 Å². The molecule has 96 valence electrons. The van der Waals surface area contributed by atoms with Crippen molar-refractivity contribution in [3.8, 4) is 0 Å². The van der Waals surface area contributed by atoms with Crippen LogP contribution in [0.4, 0.5) is 0 Å². The van der Waals surface area contributed by atoms with E-state index >= 15 is 0 Å². The molecule has 0 fully saturated rings. The van der Waals surface area contributed by atoms with Gasteiger partial charge >= 0.3 is 0 Å². The number of aliphatic hydroxyl groups excluding tert-OH is 1. The van der Waals surface area contributed by atoms with Gasteiger partial charge in [-0.2, -0.15) is 0 Å². The predicted molar refractivity (Wildman–Crippen MR) is 74.5 cm³/mol. The molecule has 2 rings (SSSR count). The highest BCUT2D eigenvalue weighted by atomic mass is 16.3. The Balaban J connectivity index is 2.25. The van der Waals surface area contributed by atoms with Gasteiger partial charge in [0.15, 0.2) is 0 Å². The highest BCUT2D eigenvalue weighted by molar-refractivity contribution is 5.84. The summed E-state index contributed by atoms with van der Waals surface area (Å²) in [5.74, 6) is 0. The number of aromatic nitrogens is 1. The van der Waals surface area contributed by atoms with Crippen LogP contribution < -0.4 is 5.32 Å². The number of hydrogen-bond acceptors (Lipinski definition) is 3. The van der Waals surface area contributed by atoms with Gasteiger partial charge in [0.2, 0.25) is 0 Å². The molecule has 1 atom stereocenters. The Hall–Kier alpha value is -1.45. The Morgan fingerprint density at radius 2 is 1.94 bits per heavy atom. The van der Waals surface area contributed by atoms with Crippen LogP contribution in [0.3, 0.4) is 0 Å². The first kappa shape index (κ1) is 13.0. The number of β-amino-alcohol motifs (C(OH)–C–C–N with tert-alkyl or cyclic N) is 1. The van der Waals surface area contributed by atoms with Crippen molar-refractivity contribution in [2.75, 3.05) is 6.54 Å². The summed E-state index contributed by atoms with van der Waals surface area (Å²) in [7, 11) is 0. The van der Waals surface area contributed by atoms with E-state index in [4.69, 9.17) is 0 Å². The molecule has 1 aromatic heterocycles. The number of rotatable bonds is 3. The minimum Gasteiger partial charge on any atom is -0.385 e. The summed E-state index contributed by atoms with van der Waals surface area (Å²) in [5.41, 5.74) is 0.732. The first-order valence-electron chi connectivity index (χ1n) is 6.24. The summed E-state index contributed by atoms with van der Waals surface area (Å²) in [4.78, 5) is 4.32. The van der Waals surface area contributed by atoms with Crippen molar-refractivity contribution in [1.29, 1.82) is 0 Å². The Kier molecular flexibility index (Phi) is 3.64. The largest absolute Gasteiger partial charge is 0.385 e. The molecule has 1 heterocycles. The maximum atomic E-state index is 10.3. The van der Waals surface area contributed by atoms with E-state index in [2.05, 4.69) is 31.1 Å². The lowest BCUT2D eigenvalue weighted by molar-refractivity contribution is 0.160. The van der Waals surface area contributed by atoms with E-state index in [0.717, 1.165) is 16.5 Å². The molecule has 0 bridgehead atoms. The summed E-state index contributed by atoms with van der Waals surface area (Å²) in [6.45, 7) is 6.74. The van der Waals surface area contributed by atoms with E-state index in [0.29, 0.717) is 6.54 Å². The fourth-order valence-corrected chi connectivity index (χ4v) is 1.91. The third-order valence-corrected chi connectivity index (χ3v) is 2.85. The topological polar surface area (TPSA) is 45.1 Å². The fraction of sp³-hybridized carbons (Fsp3) is 0.400. The minimum atomic E-state index is -0.588. The average Bonchev–Trinajstić information content (AvgIpc) is 2.34. The van der Waals surface area contributed by atoms with Crippen molar-refractivity contribution >= 4 is 10.8 Å². The summed E-state index contributed by atoms with van der Waals surface area (Å²) >= 11 is 0. The van der Waals surface area contributed by atoms with Crippen molar-refractivity contribution in [3.05, 3.63) is 42.2 Å². The molecule has 0 spiro atoms. The number of fused-ring (bicyclic) bond motifs is 1. The molecule has 0 aliphatic carbocycles. The lowest BCUT2D eigenvalue weighted by Gasteiger charge is -2.23. The molecule has 2 N–H and O–H groups in total. The molecular weight excluding hydrogens is 224 g/mol. The molecule has 0 aliphatic rings. The summed E-state index contributed by atoms with van der Waals surface area (Å²) < 4.78 is 0. The van der Waals surface area contributed by atoms with Gasteiger partial charge in [-0.1, -0.05) is 24.3 Å². The lowest BCUT2D eigenvalue weighted by atomic mass is 10.0. The van der Waals surface area contributed by atoms with Crippen LogP contribution in [0.1, 0.15) is 32.6 Å². The average molecular weight is 244 g/mol. The highest BCUT2D eigenvalue weighted by Crippen LogP contribution is 2.21. The molecule has 0 aliphatic heterocycles. The van der Waals surface area contributed by atoms with Crippen LogP contribution in [0.25, 0.3) is 10.8 Å². The second-order valence-electron chi connectivity index (χ2n) is 5.56. The molecule has 0 radical (unpaired) electrons. The summed E-state index contributed by atoms with van der Waals surface area (Å²) in [5, 5.41) is 15.7. The highest BCUT2D eigenvalue weighted by Gasteiger charge is 2.16. The Labute approximate surface area is 108 Å². The van der Waals surface area contributed by atoms with E-state index in [1.54, 1.807) is 6.20 Å². The van der Waals surface area contributed by atoms with Gasteiger partial charge in [0.05, 0.1) is 5.69 Å². The number of nitrogens with one attached hydrogen (secondary N) is 1. The van der Waals surface area contributed by atoms with Crippen LogP contribution in [-0.4, -0.2) is 22.2 Å². The maximum absolute atomic E-state index is 10.3. The summed E-state index contributed by atoms with van der Waals surface area (Å²) in [6, 6.07) is 9.95. The number of aliphatic hydroxyl groups is 1. The summed E-state index contributed by atoms with van der Waals surface area (Å²) in [6.07, 6.45) is 1.16. The molecule has 1 aromatic carbocycles. The third-order valence-electron chi connectivity index (χ3n) is 2.85. The van der Waals surface area contributed by atoms with Gasteiger partial charge < -0.3 is 10.4 Å². The predicted octanol–water partition coefficient (Wildman–Crippen LogP) is 2.66. The first-order valence-corrected chi connectivity index (χ1v) is 6.24. The van der Waals surface area contributed by atoms with E-state index < -0.39 is 6.10 Å². The molecule has 0 saturated heterocycles. The van der Waals surface area contributed by atoms with Crippen molar-refractivity contribution in [1.82, 2.24) is 10.3 Å². The SMILES string of the molecule is CC(C)(C)NC[C@@H](O)c1nccc2ccccc12. The van der Waals surface area contributed by atoms with Gasteiger partial charge in [-0.15, -0.1) is 0 Å². The maximum Gasteiger partial charge on any atom is 0.109 e. The van der Waals surface area contributed by atoms with Crippen molar-refractivity contribution in [3.63, 3.8) is 0 Å². The van der Waals surface area contributed by atoms with E-state index in [9.17, 15) is 5.11 Å². The number of benzene rings is 1. The van der Waals surface area contributed by atoms with Crippen LogP contribution >= 0.6 is 0 Å². The van der Waals surface area contributed by atoms with Crippen molar-refractivity contribution in [2.24, 2.45) is 0 Å². The molecule has 18 heavy (non-hydrogen) atoms. The van der Waals surface area contributed by atoms with Gasteiger partial charge in [-0.3, -0.25) is 4.98 Å². The van der Waals surface area contributed by atoms with Gasteiger partial charge in [0.25, 0.3) is 0 Å². The Bertz CT molecular complexity index is 526. The van der Waals surface area contributed by atoms with E-state index in [1.807, 2.05) is 30.3 Å². The van der Waals surface area contributed by atoms with Crippen LogP contribution in [0.15, 0.2) is 36.5 Å². The van der Waals surface area contributed by atoms with Gasteiger partial charge in [0, 0.05) is 23.7 Å². The number of hydrogen-bond donors (Lipinski definition) is 2. The molecular formula is C15H20N2O. The fourth-order valence-electron chi connectivity index (χ4n) is 1.91. The van der Waals surface area contributed by atoms with Gasteiger partial charge in [-0.25, -0.2) is 0 Å². The smallest absolute Gasteiger partial charge is 0.109 e. The second-order valence-corrected chi connectivity index (χ2v) is 5.56. The van der Waals surface area contributed by atoms with Crippen LogP contribution in [0.2, 0.25) is 0 Å². The second kappa shape index (κ2) is 5.04. The van der Waals surface area contributed by atoms with Crippen molar-refractivity contribution < 1.29 is 5.11 Å². The zero-order valence-electron chi connectivity index (χ0n) is 11.1. The Morgan fingerprint density at radius 1 is 1.22 bits per heavy atom. The van der Waals surface area contributed by atoms with E-state index in [1.165, 1.54) is 0 Å². The monoisotopic (exact) mass is 244 g/mol. The van der Waals surface area contributed by atoms with Gasteiger partial charge in [-0.05, 0) is 32.2 Å². The molecule has 0 amide bonds. The standard InChI is InChI=1S/C15H20N2O/c1-15(2,3)17-10-13(18)14-12-7-5-4-6-11(12)8-9-16-14/h4-9,13,17-18H,10H2,1-3H3/t13-/m1/s1. The van der Waals surface area contributed by atoms with Crippen LogP contribution in [0, 0.1) is 0 Å². The minimum absolute atomic E-state index is 0.00837. The van der Waals surface area contributed by atoms with Crippen LogP contribution in [0.5, 0.6) is 0 Å². The zero-order chi connectivity index (χ0) is 13.2. The quantitative estimate of drug-likeness (QED) is 0.872. The van der Waals surface area contributed by atoms with Crippen LogP contribution in [-0.2, 0) is 0 Å². The normalized spacial score (nSPS) is 13.8.